The predicted molar refractivity (Wildman–Crippen MR) is 233 cm³/mol. The molecule has 0 bridgehead atoms. The Morgan fingerprint density at radius 2 is 0.811 bits per heavy atom. The number of hydrogen-bond acceptors (Lipinski definition) is 0. The average molecular weight is 770 g/mol. The summed E-state index contributed by atoms with van der Waals surface area (Å²) in [6.45, 7) is 21.0. The minimum Gasteiger partial charge on any atom is -0.493 e. The summed E-state index contributed by atoms with van der Waals surface area (Å²) < 4.78 is 1.47. The maximum Gasteiger partial charge on any atom is 2.00 e. The molecule has 0 spiro atoms. The monoisotopic (exact) mass is 769 g/mol. The predicted octanol–water partition coefficient (Wildman–Crippen LogP) is 17.1. The van der Waals surface area contributed by atoms with Crippen LogP contribution in [0.3, 0.4) is 0 Å². The zero-order chi connectivity index (χ0) is 38.2. The Morgan fingerprint density at radius 3 is 1.15 bits per heavy atom. The number of unbranched alkanes of at least 4 members (excludes halogenated alkanes) is 19. The summed E-state index contributed by atoms with van der Waals surface area (Å²) in [7, 11) is 0. The first-order valence-corrected chi connectivity index (χ1v) is 22.2. The maximum absolute atomic E-state index is 11.4. The molecule has 0 saturated carbocycles. The first kappa shape index (κ1) is 51.0. The van der Waals surface area contributed by atoms with Gasteiger partial charge < -0.3 is 19.4 Å². The second kappa shape index (κ2) is 34.5. The molecule has 0 radical (unpaired) electrons. The van der Waals surface area contributed by atoms with Crippen LogP contribution in [0.25, 0.3) is 16.9 Å². The molecule has 2 nitrogen and oxygen atoms in total. The maximum atomic E-state index is 11.4. The molecule has 0 N–H and O–H groups in total. The van der Waals surface area contributed by atoms with E-state index in [1.54, 1.807) is 0 Å². The molecule has 2 aromatic carbocycles. The SMILES string of the molecule is CCCCC1=C(c2cccc(CC)c2)[N+](=[N-])C(c2cccc(CC)c2)=C1CC.[CH2-]CCCCCCCCCCC.[CH2-]CCCCCCCCCCC.[Ni+2]. The normalized spacial score (nSPS) is 12.3. The van der Waals surface area contributed by atoms with Gasteiger partial charge in [0.1, 0.15) is 0 Å². The summed E-state index contributed by atoms with van der Waals surface area (Å²) in [6.07, 6.45) is 34.0. The van der Waals surface area contributed by atoms with Crippen molar-refractivity contribution in [1.82, 2.24) is 0 Å². The minimum atomic E-state index is 0. The van der Waals surface area contributed by atoms with Gasteiger partial charge in [-0.05, 0) is 67.5 Å². The van der Waals surface area contributed by atoms with Crippen molar-refractivity contribution in [1.29, 1.82) is 0 Å². The molecule has 1 aliphatic heterocycles. The van der Waals surface area contributed by atoms with Gasteiger partial charge in [0.25, 0.3) is 0 Å². The van der Waals surface area contributed by atoms with Crippen LogP contribution in [0.1, 0.15) is 218 Å². The Morgan fingerprint density at radius 1 is 0.453 bits per heavy atom. The van der Waals surface area contributed by atoms with Gasteiger partial charge in [-0.3, -0.25) is 0 Å². The standard InChI is InChI=1S/C26H32N2.2C12H25.Ni/c1-5-9-16-24-23(8-4)25(21-14-10-12-19(6-2)17-21)28(27)26(24)22-15-11-13-20(7-3)18-22;2*1-3-5-7-9-11-12-10-8-6-4-2;/h10-15,17-18H,5-9,16H2,1-4H3;2*1,3-12H2,2H3;/q;2*-1;+2. The molecular weight excluding hydrogens is 687 g/mol. The van der Waals surface area contributed by atoms with Crippen LogP contribution in [-0.4, -0.2) is 4.70 Å². The molecule has 3 rings (SSSR count). The number of hydrogen-bond donors (Lipinski definition) is 0. The summed E-state index contributed by atoms with van der Waals surface area (Å²) >= 11 is 0. The van der Waals surface area contributed by atoms with Gasteiger partial charge in [0.05, 0.1) is 0 Å². The number of aryl methyl sites for hydroxylation is 2. The molecule has 0 amide bonds. The minimum absolute atomic E-state index is 0. The quantitative estimate of drug-likeness (QED) is 0.0394. The van der Waals surface area contributed by atoms with Crippen molar-refractivity contribution in [3.05, 3.63) is 101 Å². The van der Waals surface area contributed by atoms with Gasteiger partial charge in [-0.25, -0.2) is 4.70 Å². The smallest absolute Gasteiger partial charge is 0.493 e. The zero-order valence-corrected chi connectivity index (χ0v) is 36.6. The first-order valence-electron chi connectivity index (χ1n) is 22.2. The van der Waals surface area contributed by atoms with Gasteiger partial charge >= 0.3 is 16.5 Å². The second-order valence-electron chi connectivity index (χ2n) is 14.9. The third-order valence-corrected chi connectivity index (χ3v) is 10.4. The van der Waals surface area contributed by atoms with Gasteiger partial charge in [-0.15, -0.1) is 0 Å². The van der Waals surface area contributed by atoms with Crippen LogP contribution in [0.5, 0.6) is 0 Å². The van der Waals surface area contributed by atoms with E-state index in [0.717, 1.165) is 73.9 Å². The van der Waals surface area contributed by atoms with E-state index in [0.29, 0.717) is 0 Å². The van der Waals surface area contributed by atoms with E-state index in [2.05, 4.69) is 104 Å². The van der Waals surface area contributed by atoms with E-state index in [1.165, 1.54) is 143 Å². The Balaban J connectivity index is 0.000000903. The van der Waals surface area contributed by atoms with Crippen LogP contribution in [0.2, 0.25) is 0 Å². The Hall–Kier alpha value is -1.99. The van der Waals surface area contributed by atoms with Gasteiger partial charge in [0.15, 0.2) is 0 Å². The topological polar surface area (TPSA) is 25.3 Å². The van der Waals surface area contributed by atoms with Crippen molar-refractivity contribution >= 4 is 11.4 Å². The first-order chi connectivity index (χ1) is 25.5. The molecule has 2 aromatic rings. The third-order valence-electron chi connectivity index (χ3n) is 10.4. The van der Waals surface area contributed by atoms with Crippen LogP contribution in [0.4, 0.5) is 0 Å². The fourth-order valence-corrected chi connectivity index (χ4v) is 7.10. The van der Waals surface area contributed by atoms with Crippen molar-refractivity contribution < 1.29 is 21.2 Å². The molecular formula is C50H82N2Ni. The van der Waals surface area contributed by atoms with E-state index in [1.807, 2.05) is 0 Å². The van der Waals surface area contributed by atoms with Crippen LogP contribution in [0.15, 0.2) is 59.7 Å². The fraction of sp³-hybridized carbons (Fsp3) is 0.640. The second-order valence-corrected chi connectivity index (χ2v) is 14.9. The van der Waals surface area contributed by atoms with Crippen LogP contribution < -0.4 is 0 Å². The summed E-state index contributed by atoms with van der Waals surface area (Å²) in [6, 6.07) is 17.2. The van der Waals surface area contributed by atoms with Crippen LogP contribution in [0, 0.1) is 13.8 Å². The Labute approximate surface area is 340 Å². The van der Waals surface area contributed by atoms with E-state index >= 15 is 0 Å². The molecule has 1 aliphatic rings. The largest absolute Gasteiger partial charge is 2.00 e. The van der Waals surface area contributed by atoms with Gasteiger partial charge in [0, 0.05) is 22.3 Å². The van der Waals surface area contributed by atoms with Gasteiger partial charge in [-0.1, -0.05) is 188 Å². The Kier molecular flexibility index (Phi) is 33.2. The summed E-state index contributed by atoms with van der Waals surface area (Å²) in [4.78, 5) is 0. The van der Waals surface area contributed by atoms with E-state index < -0.39 is 0 Å². The molecule has 0 fully saturated rings. The van der Waals surface area contributed by atoms with E-state index in [-0.39, 0.29) is 16.5 Å². The molecule has 53 heavy (non-hydrogen) atoms. The Bertz CT molecular complexity index is 1220. The van der Waals surface area contributed by atoms with Crippen molar-refractivity contribution in [2.45, 2.75) is 208 Å². The fourth-order valence-electron chi connectivity index (χ4n) is 7.10. The number of rotatable bonds is 26. The number of benzene rings is 2. The number of nitrogens with zero attached hydrogens (tertiary/aromatic N) is 2. The van der Waals surface area contributed by atoms with E-state index in [4.69, 9.17) is 0 Å². The van der Waals surface area contributed by atoms with Crippen molar-refractivity contribution in [2.75, 3.05) is 0 Å². The zero-order valence-electron chi connectivity index (χ0n) is 35.6. The molecule has 0 aromatic heterocycles. The average Bonchev–Trinajstić information content (AvgIpc) is 3.47. The van der Waals surface area contributed by atoms with Crippen molar-refractivity contribution in [3.63, 3.8) is 0 Å². The summed E-state index contributed by atoms with van der Waals surface area (Å²) in [5, 5.41) is 0. The molecule has 3 heteroatoms. The van der Waals surface area contributed by atoms with Crippen LogP contribution >= 0.6 is 0 Å². The summed E-state index contributed by atoms with van der Waals surface area (Å²) in [5.74, 6) is 0. The molecule has 0 aliphatic carbocycles. The van der Waals surface area contributed by atoms with Gasteiger partial charge in [0.2, 0.25) is 11.4 Å². The molecule has 0 saturated heterocycles. The summed E-state index contributed by atoms with van der Waals surface area (Å²) in [5.41, 5.74) is 20.7. The van der Waals surface area contributed by atoms with Crippen LogP contribution in [-0.2, 0) is 29.3 Å². The molecule has 1 heterocycles. The van der Waals surface area contributed by atoms with E-state index in [9.17, 15) is 5.53 Å². The van der Waals surface area contributed by atoms with Gasteiger partial charge in [-0.2, -0.15) is 12.8 Å². The number of allylic oxidation sites excluding steroid dienone is 2. The third kappa shape index (κ3) is 21.0. The van der Waals surface area contributed by atoms with Crippen molar-refractivity contribution in [3.8, 4) is 0 Å². The molecule has 0 atom stereocenters. The molecule has 0 unspecified atom stereocenters. The molecule has 302 valence electrons. The van der Waals surface area contributed by atoms with Crippen molar-refractivity contribution in [2.24, 2.45) is 0 Å².